The Morgan fingerprint density at radius 1 is 1.04 bits per heavy atom. The minimum absolute atomic E-state index is 0. The molecule has 0 saturated carbocycles. The Kier molecular flexibility index (Phi) is 8.38. The van der Waals surface area contributed by atoms with Crippen LogP contribution in [0.1, 0.15) is 16.7 Å². The van der Waals surface area contributed by atoms with Crippen LogP contribution in [0.4, 0.5) is 5.69 Å². The van der Waals surface area contributed by atoms with Gasteiger partial charge in [0.1, 0.15) is 18.3 Å². The predicted molar refractivity (Wildman–Crippen MR) is 100 cm³/mol. The lowest BCUT2D eigenvalue weighted by molar-refractivity contribution is -0.386. The highest BCUT2D eigenvalue weighted by Gasteiger charge is 2.17. The number of nitro groups is 1. The molecule has 2 aromatic rings. The van der Waals surface area contributed by atoms with Crippen molar-refractivity contribution in [1.82, 2.24) is 0 Å². The van der Waals surface area contributed by atoms with E-state index in [1.54, 1.807) is 24.3 Å². The Morgan fingerprint density at radius 2 is 1.64 bits per heavy atom. The first-order chi connectivity index (χ1) is 10.9. The predicted octanol–water partition coefficient (Wildman–Crippen LogP) is 2.59. The molecule has 0 bridgehead atoms. The van der Waals surface area contributed by atoms with Crippen molar-refractivity contribution in [3.05, 3.63) is 69.3 Å². The fraction of sp³-hybridized carbons (Fsp3) is 0.0667. The summed E-state index contributed by atoms with van der Waals surface area (Å²) in [5.74, 6) is -0.245. The SMILES string of the molecule is Cl.Cl.N=C(N)c1cccc(COc2ccc(C(=N)N)cc2[N+](=O)[O-])c1. The molecule has 0 aliphatic heterocycles. The molecule has 0 radical (unpaired) electrons. The average molecular weight is 386 g/mol. The topological polar surface area (TPSA) is 152 Å². The second-order valence-corrected chi connectivity index (χ2v) is 4.76. The zero-order valence-electron chi connectivity index (χ0n) is 12.9. The normalized spacial score (nSPS) is 9.28. The summed E-state index contributed by atoms with van der Waals surface area (Å²) in [5.41, 5.74) is 12.0. The first-order valence-electron chi connectivity index (χ1n) is 6.57. The number of nitrogens with two attached hydrogens (primary N) is 2. The molecular weight excluding hydrogens is 369 g/mol. The molecule has 0 heterocycles. The van der Waals surface area contributed by atoms with Crippen LogP contribution >= 0.6 is 24.8 Å². The number of hydrogen-bond donors (Lipinski definition) is 4. The third-order valence-electron chi connectivity index (χ3n) is 3.10. The molecule has 2 aromatic carbocycles. The third-order valence-corrected chi connectivity index (χ3v) is 3.10. The Balaban J connectivity index is 0.00000288. The highest BCUT2D eigenvalue weighted by molar-refractivity contribution is 5.96. The van der Waals surface area contributed by atoms with Gasteiger partial charge in [0.15, 0.2) is 5.75 Å². The summed E-state index contributed by atoms with van der Waals surface area (Å²) in [7, 11) is 0. The number of nitro benzene ring substituents is 1. The first kappa shape index (κ1) is 22.2. The van der Waals surface area contributed by atoms with Crippen molar-refractivity contribution >= 4 is 42.2 Å². The van der Waals surface area contributed by atoms with Gasteiger partial charge in [-0.2, -0.15) is 0 Å². The summed E-state index contributed by atoms with van der Waals surface area (Å²) >= 11 is 0. The molecule has 0 fully saturated rings. The number of nitrogens with zero attached hydrogens (tertiary/aromatic N) is 1. The zero-order chi connectivity index (χ0) is 17.0. The molecule has 0 saturated heterocycles. The van der Waals surface area contributed by atoms with Crippen LogP contribution in [0.15, 0.2) is 42.5 Å². The van der Waals surface area contributed by atoms with Crippen molar-refractivity contribution in [3.63, 3.8) is 0 Å². The van der Waals surface area contributed by atoms with Gasteiger partial charge in [0.05, 0.1) is 4.92 Å². The van der Waals surface area contributed by atoms with Crippen molar-refractivity contribution in [2.75, 3.05) is 0 Å². The number of ether oxygens (including phenoxy) is 1. The summed E-state index contributed by atoms with van der Waals surface area (Å²) in [6, 6.07) is 10.9. The van der Waals surface area contributed by atoms with Crippen molar-refractivity contribution < 1.29 is 9.66 Å². The van der Waals surface area contributed by atoms with E-state index in [4.69, 9.17) is 27.0 Å². The lowest BCUT2D eigenvalue weighted by Crippen LogP contribution is -2.12. The average Bonchev–Trinajstić information content (AvgIpc) is 2.52. The number of halogens is 2. The monoisotopic (exact) mass is 385 g/mol. The molecule has 0 spiro atoms. The second kappa shape index (κ2) is 9.45. The summed E-state index contributed by atoms with van der Waals surface area (Å²) in [6.07, 6.45) is 0. The van der Waals surface area contributed by atoms with Gasteiger partial charge in [-0.25, -0.2) is 0 Å². The molecular formula is C15H17Cl2N5O3. The molecule has 0 aromatic heterocycles. The van der Waals surface area contributed by atoms with Gasteiger partial charge in [-0.3, -0.25) is 20.9 Å². The van der Waals surface area contributed by atoms with Crippen LogP contribution in [-0.4, -0.2) is 16.6 Å². The van der Waals surface area contributed by atoms with Crippen molar-refractivity contribution in [2.45, 2.75) is 6.61 Å². The molecule has 25 heavy (non-hydrogen) atoms. The van der Waals surface area contributed by atoms with Crippen molar-refractivity contribution in [2.24, 2.45) is 11.5 Å². The van der Waals surface area contributed by atoms with Crippen molar-refractivity contribution in [3.8, 4) is 5.75 Å². The summed E-state index contributed by atoms with van der Waals surface area (Å²) in [4.78, 5) is 10.5. The molecule has 0 amide bonds. The van der Waals surface area contributed by atoms with E-state index in [-0.39, 0.29) is 60.1 Å². The van der Waals surface area contributed by atoms with Gasteiger partial charge in [-0.1, -0.05) is 18.2 Å². The highest BCUT2D eigenvalue weighted by atomic mass is 35.5. The van der Waals surface area contributed by atoms with Gasteiger partial charge in [0.2, 0.25) is 0 Å². The summed E-state index contributed by atoms with van der Waals surface area (Å²) in [6.45, 7) is 0.0847. The van der Waals surface area contributed by atoms with Crippen LogP contribution in [0.3, 0.4) is 0 Å². The largest absolute Gasteiger partial charge is 0.482 e. The maximum Gasteiger partial charge on any atom is 0.311 e. The van der Waals surface area contributed by atoms with Crippen LogP contribution in [0.5, 0.6) is 5.75 Å². The fourth-order valence-electron chi connectivity index (χ4n) is 1.94. The first-order valence-corrected chi connectivity index (χ1v) is 6.57. The Morgan fingerprint density at radius 3 is 2.20 bits per heavy atom. The number of amidine groups is 2. The van der Waals surface area contributed by atoms with Gasteiger partial charge in [-0.05, 0) is 23.8 Å². The van der Waals surface area contributed by atoms with Crippen LogP contribution in [0, 0.1) is 20.9 Å². The minimum atomic E-state index is -0.590. The Labute approximate surface area is 156 Å². The van der Waals surface area contributed by atoms with E-state index in [1.807, 2.05) is 0 Å². The molecule has 10 heteroatoms. The molecule has 0 aliphatic carbocycles. The number of nitrogens with one attached hydrogen (secondary N) is 2. The van der Waals surface area contributed by atoms with Gasteiger partial charge < -0.3 is 16.2 Å². The molecule has 134 valence electrons. The number of benzene rings is 2. The lowest BCUT2D eigenvalue weighted by atomic mass is 10.1. The third kappa shape index (κ3) is 5.63. The van der Waals surface area contributed by atoms with E-state index in [0.29, 0.717) is 5.56 Å². The van der Waals surface area contributed by atoms with Crippen molar-refractivity contribution in [1.29, 1.82) is 10.8 Å². The zero-order valence-corrected chi connectivity index (χ0v) is 14.5. The second-order valence-electron chi connectivity index (χ2n) is 4.76. The number of nitrogen functional groups attached to an aromatic ring is 2. The summed E-state index contributed by atoms with van der Waals surface area (Å²) < 4.78 is 5.49. The standard InChI is InChI=1S/C15H15N5O3.2ClH/c16-14(17)10-3-1-2-9(6-10)8-23-13-5-4-11(15(18)19)7-12(13)20(21)22;;/h1-7H,8H2,(H3,16,17)(H3,18,19);2*1H. The molecule has 2 rings (SSSR count). The van der Waals surface area contributed by atoms with Gasteiger partial charge in [-0.15, -0.1) is 24.8 Å². The van der Waals surface area contributed by atoms with Crippen LogP contribution in [0.2, 0.25) is 0 Å². The van der Waals surface area contributed by atoms with E-state index < -0.39 is 4.92 Å². The Bertz CT molecular complexity index is 798. The lowest BCUT2D eigenvalue weighted by Gasteiger charge is -2.09. The van der Waals surface area contributed by atoms with Crippen LogP contribution in [0.25, 0.3) is 0 Å². The van der Waals surface area contributed by atoms with E-state index in [0.717, 1.165) is 5.56 Å². The maximum atomic E-state index is 11.1. The van der Waals surface area contributed by atoms with E-state index in [1.165, 1.54) is 18.2 Å². The molecule has 8 nitrogen and oxygen atoms in total. The fourth-order valence-corrected chi connectivity index (χ4v) is 1.94. The summed E-state index contributed by atoms with van der Waals surface area (Å²) in [5, 5.41) is 25.8. The number of hydrogen-bond acceptors (Lipinski definition) is 5. The van der Waals surface area contributed by atoms with E-state index >= 15 is 0 Å². The van der Waals surface area contributed by atoms with E-state index in [9.17, 15) is 10.1 Å². The van der Waals surface area contributed by atoms with Gasteiger partial charge in [0.25, 0.3) is 0 Å². The van der Waals surface area contributed by atoms with E-state index in [2.05, 4.69) is 0 Å². The van der Waals surface area contributed by atoms with Gasteiger partial charge in [0, 0.05) is 17.2 Å². The minimum Gasteiger partial charge on any atom is -0.482 e. The van der Waals surface area contributed by atoms with Gasteiger partial charge >= 0.3 is 5.69 Å². The Hall–Kier alpha value is -2.84. The maximum absolute atomic E-state index is 11.1. The van der Waals surface area contributed by atoms with Crippen LogP contribution < -0.4 is 16.2 Å². The van der Waals surface area contributed by atoms with Crippen LogP contribution in [-0.2, 0) is 6.61 Å². The smallest absolute Gasteiger partial charge is 0.311 e. The quantitative estimate of drug-likeness (QED) is 0.260. The molecule has 0 atom stereocenters. The molecule has 6 N–H and O–H groups in total. The highest BCUT2D eigenvalue weighted by Crippen LogP contribution is 2.28. The molecule has 0 aliphatic rings. The number of rotatable bonds is 6. The molecule has 0 unspecified atom stereocenters.